The molecule has 0 fully saturated rings. The minimum Gasteiger partial charge on any atom is -0.394 e. The number of carbonyl (C=O) groups excluding carboxylic acids is 1. The lowest BCUT2D eigenvalue weighted by atomic mass is 10.0. The second-order valence-electron chi connectivity index (χ2n) is 14.9. The number of aliphatic hydroxyl groups excluding tert-OH is 3. The molecule has 0 aliphatic heterocycles. The van der Waals surface area contributed by atoms with Crippen molar-refractivity contribution in [1.29, 1.82) is 0 Å². The van der Waals surface area contributed by atoms with Crippen molar-refractivity contribution in [2.75, 3.05) is 6.61 Å². The van der Waals surface area contributed by atoms with Gasteiger partial charge in [0.05, 0.1) is 31.3 Å². The van der Waals surface area contributed by atoms with Crippen LogP contribution in [0.15, 0.2) is 48.6 Å². The van der Waals surface area contributed by atoms with E-state index in [2.05, 4.69) is 55.6 Å². The lowest BCUT2D eigenvalue weighted by Crippen LogP contribution is -2.45. The summed E-state index contributed by atoms with van der Waals surface area (Å²) in [5.41, 5.74) is 0. The number of nitrogens with one attached hydrogen (secondary N) is 1. The van der Waals surface area contributed by atoms with E-state index in [0.29, 0.717) is 6.42 Å². The standard InChI is InChI=1S/C46H85NO4/c1-3-5-7-9-11-13-15-17-19-21-22-23-24-25-27-29-31-33-35-37-39-43(49)41-46(51)47-44(42-48)45(50)40-38-36-34-32-30-28-26-20-18-16-14-12-10-8-6-4-2/h18,20,24-25,30,32,38,40,43-45,48-50H,3-17,19,21-23,26-29,31,33-37,39,41-42H2,1-2H3,(H,47,51)/b20-18+,25-24-,32-30+,40-38+. The highest BCUT2D eigenvalue weighted by Gasteiger charge is 2.20. The van der Waals surface area contributed by atoms with E-state index in [-0.39, 0.29) is 18.9 Å². The maximum Gasteiger partial charge on any atom is 0.222 e. The molecule has 0 rings (SSSR count). The highest BCUT2D eigenvalue weighted by atomic mass is 16.3. The number of rotatable bonds is 39. The molecule has 0 aromatic carbocycles. The van der Waals surface area contributed by atoms with Crippen molar-refractivity contribution in [1.82, 2.24) is 5.32 Å². The Kier molecular flexibility index (Phi) is 39.7. The average molecular weight is 716 g/mol. The highest BCUT2D eigenvalue weighted by Crippen LogP contribution is 2.14. The van der Waals surface area contributed by atoms with Crippen LogP contribution in [0.3, 0.4) is 0 Å². The number of hydrogen-bond acceptors (Lipinski definition) is 4. The zero-order valence-corrected chi connectivity index (χ0v) is 33.7. The van der Waals surface area contributed by atoms with Crippen molar-refractivity contribution in [3.8, 4) is 0 Å². The number of hydrogen-bond donors (Lipinski definition) is 4. The lowest BCUT2D eigenvalue weighted by molar-refractivity contribution is -0.124. The van der Waals surface area contributed by atoms with Crippen LogP contribution in [0.1, 0.15) is 213 Å². The maximum absolute atomic E-state index is 12.4. The molecule has 3 unspecified atom stereocenters. The molecule has 5 nitrogen and oxygen atoms in total. The molecule has 0 aromatic heterocycles. The predicted octanol–water partition coefficient (Wildman–Crippen LogP) is 12.5. The molecule has 0 spiro atoms. The fraction of sp³-hybridized carbons (Fsp3) is 0.804. The van der Waals surface area contributed by atoms with Crippen molar-refractivity contribution < 1.29 is 20.1 Å². The van der Waals surface area contributed by atoms with Gasteiger partial charge in [-0.2, -0.15) is 0 Å². The Balaban J connectivity index is 3.74. The van der Waals surface area contributed by atoms with Crippen LogP contribution in [0.5, 0.6) is 0 Å². The van der Waals surface area contributed by atoms with Gasteiger partial charge in [-0.3, -0.25) is 4.79 Å². The van der Waals surface area contributed by atoms with Crippen molar-refractivity contribution in [2.24, 2.45) is 0 Å². The quantitative estimate of drug-likeness (QED) is 0.0377. The van der Waals surface area contributed by atoms with E-state index in [0.717, 1.165) is 51.4 Å². The summed E-state index contributed by atoms with van der Waals surface area (Å²) in [6.07, 6.45) is 52.5. The summed E-state index contributed by atoms with van der Waals surface area (Å²) in [6.45, 7) is 4.18. The molecule has 0 aromatic rings. The molecule has 1 amide bonds. The van der Waals surface area contributed by atoms with Gasteiger partial charge in [0.25, 0.3) is 0 Å². The smallest absolute Gasteiger partial charge is 0.222 e. The van der Waals surface area contributed by atoms with Gasteiger partial charge < -0.3 is 20.6 Å². The Morgan fingerprint density at radius 1 is 0.490 bits per heavy atom. The number of carbonyl (C=O) groups is 1. The van der Waals surface area contributed by atoms with E-state index in [1.54, 1.807) is 6.08 Å². The van der Waals surface area contributed by atoms with E-state index in [9.17, 15) is 20.1 Å². The van der Waals surface area contributed by atoms with E-state index in [1.807, 2.05) is 6.08 Å². The van der Waals surface area contributed by atoms with Crippen LogP contribution in [0.25, 0.3) is 0 Å². The number of amides is 1. The van der Waals surface area contributed by atoms with Gasteiger partial charge in [-0.15, -0.1) is 0 Å². The Bertz CT molecular complexity index is 835. The molecule has 0 bridgehead atoms. The zero-order valence-electron chi connectivity index (χ0n) is 33.7. The van der Waals surface area contributed by atoms with Crippen LogP contribution in [0.2, 0.25) is 0 Å². The second kappa shape index (κ2) is 41.1. The second-order valence-corrected chi connectivity index (χ2v) is 14.9. The number of unbranched alkanes of at least 4 members (excludes halogenated alkanes) is 24. The summed E-state index contributed by atoms with van der Waals surface area (Å²) in [5.74, 6) is -0.335. The van der Waals surface area contributed by atoms with Gasteiger partial charge in [-0.05, 0) is 70.6 Å². The number of allylic oxidation sites excluding steroid dienone is 7. The van der Waals surface area contributed by atoms with Crippen LogP contribution in [0, 0.1) is 0 Å². The minimum absolute atomic E-state index is 0.00408. The Morgan fingerprint density at radius 2 is 0.843 bits per heavy atom. The molecule has 3 atom stereocenters. The summed E-state index contributed by atoms with van der Waals surface area (Å²) >= 11 is 0. The first-order valence-electron chi connectivity index (χ1n) is 21.9. The van der Waals surface area contributed by atoms with E-state index >= 15 is 0 Å². The van der Waals surface area contributed by atoms with Crippen LogP contribution >= 0.6 is 0 Å². The lowest BCUT2D eigenvalue weighted by Gasteiger charge is -2.20. The van der Waals surface area contributed by atoms with Crippen molar-refractivity contribution in [3.63, 3.8) is 0 Å². The van der Waals surface area contributed by atoms with E-state index in [4.69, 9.17) is 0 Å². The molecule has 0 heterocycles. The van der Waals surface area contributed by atoms with Gasteiger partial charge in [0, 0.05) is 0 Å². The van der Waals surface area contributed by atoms with Gasteiger partial charge in [0.1, 0.15) is 0 Å². The third-order valence-electron chi connectivity index (χ3n) is 9.82. The molecule has 0 radical (unpaired) electrons. The first kappa shape index (κ1) is 49.3. The average Bonchev–Trinajstić information content (AvgIpc) is 3.12. The Hall–Kier alpha value is -1.69. The fourth-order valence-electron chi connectivity index (χ4n) is 6.42. The van der Waals surface area contributed by atoms with E-state index in [1.165, 1.54) is 135 Å². The SMILES string of the molecule is CCCCCCCC/C=C/CC/C=C/CC/C=C/C(O)C(CO)NC(=O)CC(O)CCCCCCC/C=C\CCCCCCCCCCCCC. The molecule has 4 N–H and O–H groups in total. The van der Waals surface area contributed by atoms with Gasteiger partial charge in [0.2, 0.25) is 5.91 Å². The van der Waals surface area contributed by atoms with Gasteiger partial charge in [-0.1, -0.05) is 184 Å². The summed E-state index contributed by atoms with van der Waals surface area (Å²) in [6, 6.07) is -0.770. The fourth-order valence-corrected chi connectivity index (χ4v) is 6.42. The van der Waals surface area contributed by atoms with Crippen LogP contribution in [-0.4, -0.2) is 46.1 Å². The summed E-state index contributed by atoms with van der Waals surface area (Å²) in [7, 11) is 0. The van der Waals surface area contributed by atoms with Crippen molar-refractivity contribution >= 4 is 5.91 Å². The zero-order chi connectivity index (χ0) is 37.3. The predicted molar refractivity (Wildman–Crippen MR) is 222 cm³/mol. The Labute approximate surface area is 316 Å². The molecule has 0 aliphatic rings. The summed E-state index contributed by atoms with van der Waals surface area (Å²) in [5, 5.41) is 33.2. The first-order chi connectivity index (χ1) is 25.0. The molecule has 0 aliphatic carbocycles. The largest absolute Gasteiger partial charge is 0.394 e. The van der Waals surface area contributed by atoms with Crippen LogP contribution in [-0.2, 0) is 4.79 Å². The van der Waals surface area contributed by atoms with Crippen molar-refractivity contribution in [2.45, 2.75) is 231 Å². The van der Waals surface area contributed by atoms with Crippen molar-refractivity contribution in [3.05, 3.63) is 48.6 Å². The third kappa shape index (κ3) is 37.9. The van der Waals surface area contributed by atoms with Crippen LogP contribution in [0.4, 0.5) is 0 Å². The Morgan fingerprint density at radius 3 is 1.25 bits per heavy atom. The number of aliphatic hydroxyl groups is 3. The van der Waals surface area contributed by atoms with Gasteiger partial charge in [-0.25, -0.2) is 0 Å². The molecular weight excluding hydrogens is 631 g/mol. The molecule has 5 heteroatoms. The molecular formula is C46H85NO4. The molecule has 0 saturated carbocycles. The highest BCUT2D eigenvalue weighted by molar-refractivity contribution is 5.76. The van der Waals surface area contributed by atoms with Crippen LogP contribution < -0.4 is 5.32 Å². The summed E-state index contributed by atoms with van der Waals surface area (Å²) < 4.78 is 0. The normalized spacial score (nSPS) is 14.1. The molecule has 298 valence electrons. The third-order valence-corrected chi connectivity index (χ3v) is 9.82. The monoisotopic (exact) mass is 716 g/mol. The minimum atomic E-state index is -0.962. The topological polar surface area (TPSA) is 89.8 Å². The molecule has 0 saturated heterocycles. The van der Waals surface area contributed by atoms with E-state index < -0.39 is 18.2 Å². The van der Waals surface area contributed by atoms with Gasteiger partial charge >= 0.3 is 0 Å². The van der Waals surface area contributed by atoms with Gasteiger partial charge in [0.15, 0.2) is 0 Å². The molecule has 51 heavy (non-hydrogen) atoms. The maximum atomic E-state index is 12.4. The summed E-state index contributed by atoms with van der Waals surface area (Å²) in [4.78, 5) is 12.4. The first-order valence-corrected chi connectivity index (χ1v) is 21.9.